The second kappa shape index (κ2) is 11.6. The summed E-state index contributed by atoms with van der Waals surface area (Å²) in [5.74, 6) is 1.93. The Balaban J connectivity index is 1.22. The van der Waals surface area contributed by atoms with Crippen LogP contribution < -0.4 is 14.5 Å². The maximum absolute atomic E-state index is 13.7. The third-order valence-corrected chi connectivity index (χ3v) is 11.7. The van der Waals surface area contributed by atoms with Gasteiger partial charge in [-0.05, 0) is 92.6 Å². The molecule has 0 unspecified atom stereocenters. The number of ether oxygens (including phenoxy) is 1. The topological polar surface area (TPSA) is 49.9 Å². The minimum atomic E-state index is -0.373. The van der Waals surface area contributed by atoms with Crippen LogP contribution in [0.1, 0.15) is 79.7 Å². The largest absolute Gasteiger partial charge is 0.487 e. The van der Waals surface area contributed by atoms with Crippen LogP contribution in [0.3, 0.4) is 0 Å². The van der Waals surface area contributed by atoms with Gasteiger partial charge in [-0.15, -0.1) is 45.9 Å². The summed E-state index contributed by atoms with van der Waals surface area (Å²) in [6.45, 7) is 13.6. The first kappa shape index (κ1) is 30.7. The van der Waals surface area contributed by atoms with Gasteiger partial charge in [0.25, 0.3) is 0 Å². The van der Waals surface area contributed by atoms with Crippen LogP contribution in [-0.4, -0.2) is 42.3 Å². The molecule has 0 N–H and O–H groups in total. The molecular weight excluding hydrogens is 619 g/mol. The van der Waals surface area contributed by atoms with E-state index in [1.54, 1.807) is 22.7 Å². The molecule has 0 radical (unpaired) electrons. The van der Waals surface area contributed by atoms with Gasteiger partial charge in [0.1, 0.15) is 11.4 Å². The number of fused-ring (bicyclic) bond motifs is 6. The van der Waals surface area contributed by atoms with Crippen molar-refractivity contribution in [2.75, 3.05) is 34.6 Å². The molecule has 2 aromatic heterocycles. The van der Waals surface area contributed by atoms with Gasteiger partial charge < -0.3 is 14.5 Å². The van der Waals surface area contributed by atoms with Gasteiger partial charge in [0.2, 0.25) is 11.8 Å². The van der Waals surface area contributed by atoms with Gasteiger partial charge >= 0.3 is 0 Å². The first-order chi connectivity index (χ1) is 20.4. The Morgan fingerprint density at radius 2 is 1.30 bits per heavy atom. The van der Waals surface area contributed by atoms with Crippen LogP contribution in [0.5, 0.6) is 5.75 Å². The summed E-state index contributed by atoms with van der Waals surface area (Å²) in [6, 6.07) is 4.17. The summed E-state index contributed by atoms with van der Waals surface area (Å²) in [5, 5.41) is 6.75. The average molecular weight is 658 g/mol. The molecular formula is C34H38Cl2N2O3S2. The fourth-order valence-corrected chi connectivity index (χ4v) is 9.35. The third kappa shape index (κ3) is 5.34. The number of nitrogens with zero attached hydrogens (tertiary/aromatic N) is 2. The molecule has 6 rings (SSSR count). The zero-order valence-corrected chi connectivity index (χ0v) is 28.8. The number of thiophene rings is 2. The van der Waals surface area contributed by atoms with Crippen LogP contribution >= 0.6 is 45.9 Å². The molecule has 0 aliphatic carbocycles. The number of anilines is 2. The van der Waals surface area contributed by atoms with Crippen LogP contribution in [0.4, 0.5) is 11.4 Å². The molecule has 2 aromatic carbocycles. The smallest absolute Gasteiger partial charge is 0.227 e. The molecule has 2 aliphatic rings. The highest BCUT2D eigenvalue weighted by atomic mass is 35.5. The molecule has 4 aromatic rings. The van der Waals surface area contributed by atoms with E-state index in [4.69, 9.17) is 27.9 Å². The number of carbonyl (C=O) groups excluding carboxylic acids is 2. The molecule has 0 saturated heterocycles. The van der Waals surface area contributed by atoms with E-state index in [1.165, 1.54) is 32.3 Å². The summed E-state index contributed by atoms with van der Waals surface area (Å²) in [6.07, 6.45) is 1.08. The number of halogens is 2. The fourth-order valence-electron chi connectivity index (χ4n) is 6.79. The Bertz CT molecular complexity index is 1750. The van der Waals surface area contributed by atoms with Gasteiger partial charge in [-0.25, -0.2) is 0 Å². The predicted molar refractivity (Wildman–Crippen MR) is 184 cm³/mol. The van der Waals surface area contributed by atoms with E-state index in [2.05, 4.69) is 37.6 Å². The quantitative estimate of drug-likeness (QED) is 0.186. The standard InChI is InChI=1S/C34H38Cl2N2O3S2/c1-18-10-23-30(28-19(2)16-42-32(18)28)21(12-35)14-37(23)26(39)8-7-9-27(40)38-15-22(13-36)31-24(38)11-25(41-34(4,5)6)33-29(31)20(3)17-43-33/h10-11,16-17,21-22H,7-9,12-15H2,1-6H3/t21-,22-/m1/s1. The van der Waals surface area contributed by atoms with Crippen molar-refractivity contribution in [2.45, 2.75) is 78.2 Å². The fraction of sp³-hybridized carbons (Fsp3) is 0.471. The lowest BCUT2D eigenvalue weighted by Gasteiger charge is -2.24. The molecule has 228 valence electrons. The number of alkyl halides is 2. The van der Waals surface area contributed by atoms with Crippen LogP contribution in [-0.2, 0) is 9.59 Å². The zero-order valence-electron chi connectivity index (χ0n) is 25.6. The Hall–Kier alpha value is -2.32. The number of benzene rings is 2. The van der Waals surface area contributed by atoms with E-state index in [0.29, 0.717) is 37.7 Å². The summed E-state index contributed by atoms with van der Waals surface area (Å²) in [4.78, 5) is 31.1. The highest BCUT2D eigenvalue weighted by molar-refractivity contribution is 7.18. The highest BCUT2D eigenvalue weighted by Crippen LogP contribution is 2.50. The number of rotatable bonds is 7. The summed E-state index contributed by atoms with van der Waals surface area (Å²) >= 11 is 16.3. The Morgan fingerprint density at radius 3 is 1.81 bits per heavy atom. The molecule has 2 atom stereocenters. The van der Waals surface area contributed by atoms with Crippen molar-refractivity contribution in [3.05, 3.63) is 50.7 Å². The van der Waals surface area contributed by atoms with Crippen LogP contribution in [0.25, 0.3) is 20.2 Å². The van der Waals surface area contributed by atoms with E-state index < -0.39 is 0 Å². The van der Waals surface area contributed by atoms with E-state index in [-0.39, 0.29) is 35.7 Å². The maximum atomic E-state index is 13.7. The molecule has 2 amide bonds. The SMILES string of the molecule is Cc1cc2c(c3c(C)csc13)[C@H](CCl)CN2C(=O)CCCC(=O)N1C[C@@H](CCl)c2c1cc(OC(C)(C)C)c1scc(C)c21. The molecule has 5 nitrogen and oxygen atoms in total. The van der Waals surface area contributed by atoms with Gasteiger partial charge in [-0.1, -0.05) is 0 Å². The molecule has 43 heavy (non-hydrogen) atoms. The number of hydrogen-bond acceptors (Lipinski definition) is 5. The molecule has 0 saturated carbocycles. The Morgan fingerprint density at radius 1 is 0.814 bits per heavy atom. The Labute approximate surface area is 271 Å². The predicted octanol–water partition coefficient (Wildman–Crippen LogP) is 9.43. The first-order valence-corrected chi connectivity index (χ1v) is 17.7. The van der Waals surface area contributed by atoms with Crippen molar-refractivity contribution in [2.24, 2.45) is 0 Å². The summed E-state index contributed by atoms with van der Waals surface area (Å²) in [7, 11) is 0. The van der Waals surface area contributed by atoms with E-state index in [1.807, 2.05) is 36.6 Å². The van der Waals surface area contributed by atoms with Gasteiger partial charge in [-0.2, -0.15) is 0 Å². The van der Waals surface area contributed by atoms with Crippen molar-refractivity contribution in [1.82, 2.24) is 0 Å². The number of amides is 2. The van der Waals surface area contributed by atoms with E-state index in [9.17, 15) is 9.59 Å². The second-order valence-corrected chi connectivity index (χ2v) is 15.3. The van der Waals surface area contributed by atoms with Gasteiger partial charge in [0.05, 0.1) is 10.4 Å². The van der Waals surface area contributed by atoms with Crippen molar-refractivity contribution < 1.29 is 14.3 Å². The number of hydrogen-bond donors (Lipinski definition) is 0. The molecule has 4 heterocycles. The van der Waals surface area contributed by atoms with Crippen molar-refractivity contribution in [3.63, 3.8) is 0 Å². The third-order valence-electron chi connectivity index (χ3n) is 8.62. The first-order valence-electron chi connectivity index (χ1n) is 14.9. The second-order valence-electron chi connectivity index (χ2n) is 13.0. The summed E-state index contributed by atoms with van der Waals surface area (Å²) < 4.78 is 8.76. The van der Waals surface area contributed by atoms with Crippen molar-refractivity contribution >= 4 is 89.2 Å². The average Bonchev–Trinajstić information content (AvgIpc) is 3.71. The molecule has 0 spiro atoms. The van der Waals surface area contributed by atoms with E-state index in [0.717, 1.165) is 32.8 Å². The highest BCUT2D eigenvalue weighted by Gasteiger charge is 2.37. The molecule has 0 bridgehead atoms. The lowest BCUT2D eigenvalue weighted by molar-refractivity contribution is -0.119. The molecule has 0 fully saturated rings. The van der Waals surface area contributed by atoms with Gasteiger partial charge in [0.15, 0.2) is 0 Å². The van der Waals surface area contributed by atoms with Crippen molar-refractivity contribution in [3.8, 4) is 5.75 Å². The van der Waals surface area contributed by atoms with Crippen molar-refractivity contribution in [1.29, 1.82) is 0 Å². The number of carbonyl (C=O) groups is 2. The normalized spacial score (nSPS) is 18.1. The minimum Gasteiger partial charge on any atom is -0.487 e. The van der Waals surface area contributed by atoms with E-state index >= 15 is 0 Å². The lowest BCUT2D eigenvalue weighted by Crippen LogP contribution is -2.32. The minimum absolute atomic E-state index is 0.0162. The van der Waals surface area contributed by atoms with Crippen LogP contribution in [0.2, 0.25) is 0 Å². The summed E-state index contributed by atoms with van der Waals surface area (Å²) in [5.41, 5.74) is 7.43. The van der Waals surface area contributed by atoms with Crippen LogP contribution in [0, 0.1) is 20.8 Å². The maximum Gasteiger partial charge on any atom is 0.227 e. The zero-order chi connectivity index (χ0) is 30.8. The van der Waals surface area contributed by atoms with Gasteiger partial charge in [0, 0.05) is 76.8 Å². The number of aryl methyl sites for hydroxylation is 3. The van der Waals surface area contributed by atoms with Crippen LogP contribution in [0.15, 0.2) is 22.9 Å². The van der Waals surface area contributed by atoms with Gasteiger partial charge in [-0.3, -0.25) is 9.59 Å². The Kier molecular flexibility index (Phi) is 8.25. The molecule has 2 aliphatic heterocycles. The molecule has 9 heteroatoms. The monoisotopic (exact) mass is 656 g/mol. The lowest BCUT2D eigenvalue weighted by atomic mass is 9.95.